The van der Waals surface area contributed by atoms with E-state index in [9.17, 15) is 0 Å². The van der Waals surface area contributed by atoms with Gasteiger partial charge in [-0.05, 0) is 52.1 Å². The normalized spacial score (nSPS) is 28.6. The van der Waals surface area contributed by atoms with Crippen molar-refractivity contribution in [1.82, 2.24) is 20.4 Å². The summed E-state index contributed by atoms with van der Waals surface area (Å²) in [7, 11) is 4.08. The molecule has 0 spiro atoms. The van der Waals surface area contributed by atoms with Crippen molar-refractivity contribution in [2.45, 2.75) is 30.9 Å². The molecule has 2 heterocycles. The molecule has 2 rings (SSSR count). The molecular formula is C16H33N5S. The molecule has 2 aliphatic rings. The van der Waals surface area contributed by atoms with Gasteiger partial charge in [0.05, 0.1) is 0 Å². The van der Waals surface area contributed by atoms with Crippen LogP contribution in [0.25, 0.3) is 0 Å². The third kappa shape index (κ3) is 5.97. The van der Waals surface area contributed by atoms with Gasteiger partial charge in [0, 0.05) is 44.5 Å². The Labute approximate surface area is 140 Å². The molecule has 0 amide bonds. The van der Waals surface area contributed by atoms with Gasteiger partial charge in [0.15, 0.2) is 5.96 Å². The first-order valence-corrected chi connectivity index (χ1v) is 9.59. The highest BCUT2D eigenvalue weighted by Gasteiger charge is 2.29. The van der Waals surface area contributed by atoms with Crippen molar-refractivity contribution in [3.05, 3.63) is 0 Å². The number of likely N-dealkylation sites (N-methyl/N-ethyl adjacent to an activating group) is 1. The van der Waals surface area contributed by atoms with Crippen LogP contribution in [0.15, 0.2) is 4.99 Å². The standard InChI is InChI=1S/C16H33N5S/c1-16(6-4-13-22-16)14-19-15(17-2)18-7-10-21-9-5-8-20(3)11-12-21/h4-14H2,1-3H3,(H2,17,18,19). The van der Waals surface area contributed by atoms with E-state index in [-0.39, 0.29) is 0 Å². The Morgan fingerprint density at radius 2 is 2.05 bits per heavy atom. The number of thioether (sulfide) groups is 1. The number of aliphatic imine (C=N–C) groups is 1. The number of hydrogen-bond donors (Lipinski definition) is 2. The Morgan fingerprint density at radius 1 is 1.18 bits per heavy atom. The summed E-state index contributed by atoms with van der Waals surface area (Å²) < 4.78 is 0.382. The van der Waals surface area contributed by atoms with Gasteiger partial charge in [0.2, 0.25) is 0 Å². The van der Waals surface area contributed by atoms with E-state index in [4.69, 9.17) is 0 Å². The molecular weight excluding hydrogens is 294 g/mol. The number of rotatable bonds is 5. The lowest BCUT2D eigenvalue weighted by molar-refractivity contribution is 0.280. The number of guanidine groups is 1. The van der Waals surface area contributed by atoms with Crippen LogP contribution >= 0.6 is 11.8 Å². The van der Waals surface area contributed by atoms with Gasteiger partial charge in [-0.25, -0.2) is 0 Å². The average Bonchev–Trinajstić information content (AvgIpc) is 2.83. The lowest BCUT2D eigenvalue weighted by Crippen LogP contribution is -2.46. The Bertz CT molecular complexity index is 354. The topological polar surface area (TPSA) is 42.9 Å². The van der Waals surface area contributed by atoms with Crippen LogP contribution in [0, 0.1) is 0 Å². The predicted molar refractivity (Wildman–Crippen MR) is 98.0 cm³/mol. The van der Waals surface area contributed by atoms with E-state index < -0.39 is 0 Å². The molecule has 0 aromatic rings. The van der Waals surface area contributed by atoms with Gasteiger partial charge < -0.3 is 20.4 Å². The lowest BCUT2D eigenvalue weighted by atomic mass is 10.1. The highest BCUT2D eigenvalue weighted by Crippen LogP contribution is 2.36. The summed E-state index contributed by atoms with van der Waals surface area (Å²) >= 11 is 2.09. The fraction of sp³-hybridized carbons (Fsp3) is 0.938. The molecule has 0 radical (unpaired) electrons. The maximum atomic E-state index is 4.35. The summed E-state index contributed by atoms with van der Waals surface area (Å²) in [4.78, 5) is 9.33. The van der Waals surface area contributed by atoms with E-state index in [0.29, 0.717) is 4.75 Å². The number of hydrogen-bond acceptors (Lipinski definition) is 4. The van der Waals surface area contributed by atoms with Crippen molar-refractivity contribution in [3.63, 3.8) is 0 Å². The summed E-state index contributed by atoms with van der Waals surface area (Å²) in [5.41, 5.74) is 0. The zero-order valence-corrected chi connectivity index (χ0v) is 15.3. The molecule has 2 fully saturated rings. The minimum Gasteiger partial charge on any atom is -0.355 e. The Morgan fingerprint density at radius 3 is 2.77 bits per heavy atom. The SMILES string of the molecule is CN=C(NCCN1CCCN(C)CC1)NCC1(C)CCCS1. The number of nitrogens with one attached hydrogen (secondary N) is 2. The Hall–Kier alpha value is -0.460. The van der Waals surface area contributed by atoms with Crippen LogP contribution in [-0.4, -0.2) is 86.2 Å². The highest BCUT2D eigenvalue weighted by atomic mass is 32.2. The van der Waals surface area contributed by atoms with Crippen LogP contribution in [0.5, 0.6) is 0 Å². The molecule has 1 atom stereocenters. The quantitative estimate of drug-likeness (QED) is 0.584. The van der Waals surface area contributed by atoms with Crippen LogP contribution in [0.4, 0.5) is 0 Å². The van der Waals surface area contributed by atoms with E-state index in [0.717, 1.165) is 25.6 Å². The summed E-state index contributed by atoms with van der Waals surface area (Å²) in [6.07, 6.45) is 3.93. The van der Waals surface area contributed by atoms with Crippen molar-refractivity contribution < 1.29 is 0 Å². The van der Waals surface area contributed by atoms with Crippen LogP contribution in [0.2, 0.25) is 0 Å². The molecule has 5 nitrogen and oxygen atoms in total. The molecule has 1 unspecified atom stereocenters. The second-order valence-corrected chi connectivity index (χ2v) is 8.44. The van der Waals surface area contributed by atoms with Crippen molar-refractivity contribution in [3.8, 4) is 0 Å². The molecule has 0 aromatic carbocycles. The smallest absolute Gasteiger partial charge is 0.191 e. The summed E-state index contributed by atoms with van der Waals surface area (Å²) in [5.74, 6) is 2.24. The summed E-state index contributed by atoms with van der Waals surface area (Å²) in [5, 5.41) is 6.96. The average molecular weight is 328 g/mol. The predicted octanol–water partition coefficient (Wildman–Crippen LogP) is 1.07. The molecule has 2 N–H and O–H groups in total. The molecule has 0 saturated carbocycles. The first kappa shape index (κ1) is 17.9. The number of nitrogens with zero attached hydrogens (tertiary/aromatic N) is 3. The summed E-state index contributed by atoms with van der Waals surface area (Å²) in [6, 6.07) is 0. The molecule has 128 valence electrons. The van der Waals surface area contributed by atoms with Gasteiger partial charge in [-0.1, -0.05) is 0 Å². The van der Waals surface area contributed by atoms with Gasteiger partial charge in [-0.2, -0.15) is 11.8 Å². The second-order valence-electron chi connectivity index (χ2n) is 6.75. The minimum atomic E-state index is 0.382. The van der Waals surface area contributed by atoms with E-state index in [1.807, 2.05) is 7.05 Å². The minimum absolute atomic E-state index is 0.382. The molecule has 0 aliphatic carbocycles. The molecule has 2 saturated heterocycles. The molecule has 2 aliphatic heterocycles. The monoisotopic (exact) mass is 327 g/mol. The van der Waals surface area contributed by atoms with Crippen molar-refractivity contribution in [2.75, 3.05) is 65.7 Å². The van der Waals surface area contributed by atoms with Crippen molar-refractivity contribution >= 4 is 17.7 Å². The first-order valence-electron chi connectivity index (χ1n) is 8.61. The molecule has 0 bridgehead atoms. The highest BCUT2D eigenvalue weighted by molar-refractivity contribution is 8.00. The van der Waals surface area contributed by atoms with E-state index >= 15 is 0 Å². The lowest BCUT2D eigenvalue weighted by Gasteiger charge is -2.25. The van der Waals surface area contributed by atoms with Gasteiger partial charge in [-0.3, -0.25) is 4.99 Å². The fourth-order valence-electron chi connectivity index (χ4n) is 3.12. The molecule has 22 heavy (non-hydrogen) atoms. The van der Waals surface area contributed by atoms with Gasteiger partial charge in [0.1, 0.15) is 0 Å². The Balaban J connectivity index is 1.63. The van der Waals surface area contributed by atoms with Crippen molar-refractivity contribution in [1.29, 1.82) is 0 Å². The first-order chi connectivity index (χ1) is 10.6. The largest absolute Gasteiger partial charge is 0.355 e. The molecule has 0 aromatic heterocycles. The maximum Gasteiger partial charge on any atom is 0.191 e. The van der Waals surface area contributed by atoms with E-state index in [2.05, 4.69) is 51.2 Å². The van der Waals surface area contributed by atoms with Crippen LogP contribution in [-0.2, 0) is 0 Å². The van der Waals surface area contributed by atoms with Crippen molar-refractivity contribution in [2.24, 2.45) is 4.99 Å². The van der Waals surface area contributed by atoms with Crippen LogP contribution in [0.3, 0.4) is 0 Å². The van der Waals surface area contributed by atoms with Crippen LogP contribution < -0.4 is 10.6 Å². The molecule has 6 heteroatoms. The second kappa shape index (κ2) is 8.99. The van der Waals surface area contributed by atoms with E-state index in [1.165, 1.54) is 51.2 Å². The van der Waals surface area contributed by atoms with Gasteiger partial charge >= 0.3 is 0 Å². The third-order valence-corrected chi connectivity index (χ3v) is 6.22. The van der Waals surface area contributed by atoms with Gasteiger partial charge in [0.25, 0.3) is 0 Å². The summed E-state index contributed by atoms with van der Waals surface area (Å²) in [6.45, 7) is 10.2. The third-order valence-electron chi connectivity index (χ3n) is 4.69. The maximum absolute atomic E-state index is 4.35. The van der Waals surface area contributed by atoms with Crippen LogP contribution in [0.1, 0.15) is 26.2 Å². The Kier molecular flexibility index (Phi) is 7.31. The van der Waals surface area contributed by atoms with E-state index in [1.54, 1.807) is 0 Å². The zero-order chi connectivity index (χ0) is 15.8. The van der Waals surface area contributed by atoms with Gasteiger partial charge in [-0.15, -0.1) is 0 Å². The zero-order valence-electron chi connectivity index (χ0n) is 14.5. The fourth-order valence-corrected chi connectivity index (χ4v) is 4.37.